The molecule has 1 rings (SSSR count). The predicted octanol–water partition coefficient (Wildman–Crippen LogP) is 2.02. The molecule has 1 aromatic carbocycles. The van der Waals surface area contributed by atoms with E-state index in [2.05, 4.69) is 6.92 Å². The Morgan fingerprint density at radius 2 is 1.69 bits per heavy atom. The van der Waals surface area contributed by atoms with Crippen molar-refractivity contribution in [2.24, 2.45) is 0 Å². The van der Waals surface area contributed by atoms with E-state index in [0.717, 1.165) is 18.4 Å². The molecule has 0 amide bonds. The molecule has 2 N–H and O–H groups in total. The van der Waals surface area contributed by atoms with Crippen LogP contribution in [0.25, 0.3) is 0 Å². The molecule has 0 fully saturated rings. The molecule has 0 heterocycles. The Hall–Kier alpha value is -0.910. The highest BCUT2D eigenvalue weighted by atomic mass is 32.2. The van der Waals surface area contributed by atoms with Gasteiger partial charge in [0.2, 0.25) is 0 Å². The van der Waals surface area contributed by atoms with Gasteiger partial charge in [-0.15, -0.1) is 0 Å². The number of aryl methyl sites for hydroxylation is 1. The van der Waals surface area contributed by atoms with E-state index in [9.17, 15) is 8.42 Å². The smallest absolute Gasteiger partial charge is 0.294 e. The topological polar surface area (TPSA) is 74.6 Å². The first-order valence-electron chi connectivity index (χ1n) is 5.06. The minimum absolute atomic E-state index is 0.0666. The van der Waals surface area contributed by atoms with E-state index in [1.54, 1.807) is 12.1 Å². The summed E-state index contributed by atoms with van der Waals surface area (Å²) in [5, 5.41) is 8.07. The normalized spacial score (nSPS) is 10.5. The minimum atomic E-state index is -4.02. The standard InChI is InChI=1S/C7H8O3S.C4H10O/c1-6-2-4-7(5-3-6)11(8,9)10;1-2-3-4-5/h2-5H,1H3,(H,8,9,10);5H,2-4H2,1H3. The van der Waals surface area contributed by atoms with Gasteiger partial charge >= 0.3 is 0 Å². The summed E-state index contributed by atoms with van der Waals surface area (Å²) < 4.78 is 29.6. The van der Waals surface area contributed by atoms with Gasteiger partial charge in [-0.3, -0.25) is 4.55 Å². The Morgan fingerprint density at radius 3 is 1.94 bits per heavy atom. The average molecular weight is 246 g/mol. The summed E-state index contributed by atoms with van der Waals surface area (Å²) in [5.41, 5.74) is 0.956. The summed E-state index contributed by atoms with van der Waals surface area (Å²) in [5.74, 6) is 0. The first-order valence-corrected chi connectivity index (χ1v) is 6.50. The SMILES string of the molecule is CCCCO.Cc1ccc(S(=O)(=O)O)cc1. The summed E-state index contributed by atoms with van der Waals surface area (Å²) in [6, 6.07) is 5.99. The van der Waals surface area contributed by atoms with Crippen LogP contribution in [0.1, 0.15) is 25.3 Å². The third kappa shape index (κ3) is 6.55. The molecule has 4 nitrogen and oxygen atoms in total. The second-order valence-corrected chi connectivity index (χ2v) is 4.79. The first-order chi connectivity index (χ1) is 7.41. The van der Waals surface area contributed by atoms with Crippen LogP contribution in [0.2, 0.25) is 0 Å². The van der Waals surface area contributed by atoms with Gasteiger partial charge in [-0.05, 0) is 25.5 Å². The number of unbranched alkanes of at least 4 members (excludes halogenated alkanes) is 1. The number of rotatable bonds is 3. The molecule has 0 aromatic heterocycles. The van der Waals surface area contributed by atoms with Crippen LogP contribution in [0.15, 0.2) is 29.2 Å². The molecule has 0 aliphatic carbocycles. The third-order valence-corrected chi connectivity index (χ3v) is 2.70. The minimum Gasteiger partial charge on any atom is -0.396 e. The highest BCUT2D eigenvalue weighted by Gasteiger charge is 2.06. The van der Waals surface area contributed by atoms with Gasteiger partial charge in [0.25, 0.3) is 10.1 Å². The van der Waals surface area contributed by atoms with Gasteiger partial charge < -0.3 is 5.11 Å². The molecule has 0 saturated heterocycles. The monoisotopic (exact) mass is 246 g/mol. The van der Waals surface area contributed by atoms with E-state index >= 15 is 0 Å². The van der Waals surface area contributed by atoms with Gasteiger partial charge in [0.05, 0.1) is 4.90 Å². The van der Waals surface area contributed by atoms with E-state index in [4.69, 9.17) is 9.66 Å². The molecule has 92 valence electrons. The molecule has 0 atom stereocenters. The molecule has 0 saturated carbocycles. The highest BCUT2D eigenvalue weighted by Crippen LogP contribution is 2.08. The lowest BCUT2D eigenvalue weighted by Gasteiger charge is -1.95. The second kappa shape index (κ2) is 7.38. The maximum atomic E-state index is 10.5. The number of benzene rings is 1. The van der Waals surface area contributed by atoms with E-state index in [1.165, 1.54) is 12.1 Å². The van der Waals surface area contributed by atoms with Crippen molar-refractivity contribution >= 4 is 10.1 Å². The van der Waals surface area contributed by atoms with Gasteiger partial charge in [0.1, 0.15) is 0 Å². The lowest BCUT2D eigenvalue weighted by molar-refractivity contribution is 0.287. The van der Waals surface area contributed by atoms with Crippen LogP contribution in [-0.2, 0) is 10.1 Å². The predicted molar refractivity (Wildman–Crippen MR) is 63.0 cm³/mol. The molecule has 0 bridgehead atoms. The van der Waals surface area contributed by atoms with Crippen molar-refractivity contribution in [3.63, 3.8) is 0 Å². The van der Waals surface area contributed by atoms with Crippen molar-refractivity contribution in [1.82, 2.24) is 0 Å². The Kier molecular flexibility index (Phi) is 6.96. The summed E-state index contributed by atoms with van der Waals surface area (Å²) in [6.07, 6.45) is 2.04. The molecule has 0 aliphatic rings. The molecular weight excluding hydrogens is 228 g/mol. The molecule has 16 heavy (non-hydrogen) atoms. The Balaban J connectivity index is 0.000000385. The lowest BCUT2D eigenvalue weighted by Crippen LogP contribution is -1.96. The third-order valence-electron chi connectivity index (χ3n) is 1.83. The number of hydrogen-bond acceptors (Lipinski definition) is 3. The van der Waals surface area contributed by atoms with Crippen LogP contribution in [0, 0.1) is 6.92 Å². The number of hydrogen-bond donors (Lipinski definition) is 2. The van der Waals surface area contributed by atoms with Crippen molar-refractivity contribution in [3.8, 4) is 0 Å². The van der Waals surface area contributed by atoms with Crippen molar-refractivity contribution in [3.05, 3.63) is 29.8 Å². The molecule has 0 aliphatic heterocycles. The number of aliphatic hydroxyl groups excluding tert-OH is 1. The van der Waals surface area contributed by atoms with Gasteiger partial charge in [0, 0.05) is 6.61 Å². The Labute approximate surface area is 96.7 Å². The molecular formula is C11H18O4S. The zero-order valence-electron chi connectivity index (χ0n) is 9.55. The fourth-order valence-corrected chi connectivity index (χ4v) is 1.35. The van der Waals surface area contributed by atoms with Gasteiger partial charge in [-0.1, -0.05) is 31.0 Å². The van der Waals surface area contributed by atoms with Crippen LogP contribution >= 0.6 is 0 Å². The first kappa shape index (κ1) is 15.1. The van der Waals surface area contributed by atoms with Crippen LogP contribution in [-0.4, -0.2) is 24.7 Å². The van der Waals surface area contributed by atoms with Crippen LogP contribution in [0.3, 0.4) is 0 Å². The summed E-state index contributed by atoms with van der Waals surface area (Å²) in [6.45, 7) is 4.24. The van der Waals surface area contributed by atoms with Crippen molar-refractivity contribution < 1.29 is 18.1 Å². The van der Waals surface area contributed by atoms with Gasteiger partial charge in [0.15, 0.2) is 0 Å². The summed E-state index contributed by atoms with van der Waals surface area (Å²) >= 11 is 0. The van der Waals surface area contributed by atoms with E-state index in [-0.39, 0.29) is 4.90 Å². The fourth-order valence-electron chi connectivity index (χ4n) is 0.868. The van der Waals surface area contributed by atoms with Crippen molar-refractivity contribution in [1.29, 1.82) is 0 Å². The maximum Gasteiger partial charge on any atom is 0.294 e. The lowest BCUT2D eigenvalue weighted by atomic mass is 10.2. The fraction of sp³-hybridized carbons (Fsp3) is 0.455. The second-order valence-electron chi connectivity index (χ2n) is 3.37. The zero-order chi connectivity index (χ0) is 12.6. The molecule has 0 unspecified atom stereocenters. The maximum absolute atomic E-state index is 10.5. The van der Waals surface area contributed by atoms with Gasteiger partial charge in [-0.25, -0.2) is 0 Å². The highest BCUT2D eigenvalue weighted by molar-refractivity contribution is 7.85. The van der Waals surface area contributed by atoms with Crippen LogP contribution < -0.4 is 0 Å². The molecule has 0 spiro atoms. The Morgan fingerprint density at radius 1 is 1.19 bits per heavy atom. The number of aliphatic hydroxyl groups is 1. The van der Waals surface area contributed by atoms with E-state index in [1.807, 2.05) is 6.92 Å². The molecule has 1 aromatic rings. The van der Waals surface area contributed by atoms with Crippen molar-refractivity contribution in [2.45, 2.75) is 31.6 Å². The summed E-state index contributed by atoms with van der Waals surface area (Å²) in [7, 11) is -4.02. The van der Waals surface area contributed by atoms with Gasteiger partial charge in [-0.2, -0.15) is 8.42 Å². The Bertz CT molecular complexity index is 379. The zero-order valence-corrected chi connectivity index (χ0v) is 10.4. The van der Waals surface area contributed by atoms with Crippen LogP contribution in [0.4, 0.5) is 0 Å². The average Bonchev–Trinajstić information content (AvgIpc) is 2.19. The quantitative estimate of drug-likeness (QED) is 0.800. The van der Waals surface area contributed by atoms with Crippen molar-refractivity contribution in [2.75, 3.05) is 6.61 Å². The van der Waals surface area contributed by atoms with Crippen LogP contribution in [0.5, 0.6) is 0 Å². The molecule has 0 radical (unpaired) electrons. The van der Waals surface area contributed by atoms with E-state index < -0.39 is 10.1 Å². The largest absolute Gasteiger partial charge is 0.396 e. The summed E-state index contributed by atoms with van der Waals surface area (Å²) in [4.78, 5) is -0.0666. The van der Waals surface area contributed by atoms with E-state index in [0.29, 0.717) is 6.61 Å². The molecule has 5 heteroatoms.